The van der Waals surface area contributed by atoms with Gasteiger partial charge in [0.1, 0.15) is 0 Å². The lowest BCUT2D eigenvalue weighted by atomic mass is 9.62. The Labute approximate surface area is 99.2 Å². The summed E-state index contributed by atoms with van der Waals surface area (Å²) in [5, 5.41) is 3.12. The van der Waals surface area contributed by atoms with Gasteiger partial charge in [0.2, 0.25) is 5.91 Å². The van der Waals surface area contributed by atoms with Crippen LogP contribution in [0.5, 0.6) is 0 Å². The van der Waals surface area contributed by atoms with Crippen molar-refractivity contribution in [2.75, 3.05) is 6.54 Å². The van der Waals surface area contributed by atoms with E-state index in [2.05, 4.69) is 39.9 Å². The lowest BCUT2D eigenvalue weighted by molar-refractivity contribution is -0.139. The van der Waals surface area contributed by atoms with E-state index in [4.69, 9.17) is 5.73 Å². The predicted octanol–water partition coefficient (Wildman–Crippen LogP) is 1.91. The molecule has 0 aromatic carbocycles. The van der Waals surface area contributed by atoms with Gasteiger partial charge < -0.3 is 11.1 Å². The molecule has 1 fully saturated rings. The maximum Gasteiger partial charge on any atom is 0.227 e. The Kier molecular flexibility index (Phi) is 3.68. The molecule has 0 aromatic heterocycles. The number of hydrogen-bond acceptors (Lipinski definition) is 2. The summed E-state index contributed by atoms with van der Waals surface area (Å²) >= 11 is 0. The molecule has 0 bridgehead atoms. The van der Waals surface area contributed by atoms with E-state index < -0.39 is 0 Å². The van der Waals surface area contributed by atoms with E-state index in [0.29, 0.717) is 12.5 Å². The largest absolute Gasteiger partial charge is 0.353 e. The molecule has 0 heterocycles. The van der Waals surface area contributed by atoms with Gasteiger partial charge in [-0.05, 0) is 31.1 Å². The SMILES string of the molecule is CC1CC(CN)(C(=O)NC(C)C(C)(C)C)C1. The van der Waals surface area contributed by atoms with Crippen molar-refractivity contribution in [3.63, 3.8) is 0 Å². The average Bonchev–Trinajstić information content (AvgIpc) is 2.10. The van der Waals surface area contributed by atoms with E-state index >= 15 is 0 Å². The third-order valence-electron chi connectivity index (χ3n) is 4.00. The van der Waals surface area contributed by atoms with Crippen LogP contribution >= 0.6 is 0 Å². The smallest absolute Gasteiger partial charge is 0.227 e. The highest BCUT2D eigenvalue weighted by Gasteiger charge is 2.47. The van der Waals surface area contributed by atoms with Gasteiger partial charge in [-0.3, -0.25) is 4.79 Å². The molecule has 1 aliphatic carbocycles. The first kappa shape index (κ1) is 13.5. The first-order chi connectivity index (χ1) is 7.21. The van der Waals surface area contributed by atoms with Gasteiger partial charge >= 0.3 is 0 Å². The molecule has 3 N–H and O–H groups in total. The van der Waals surface area contributed by atoms with Gasteiger partial charge in [-0.1, -0.05) is 27.7 Å². The number of nitrogens with two attached hydrogens (primary N) is 1. The van der Waals surface area contributed by atoms with E-state index in [-0.39, 0.29) is 22.8 Å². The number of hydrogen-bond donors (Lipinski definition) is 2. The van der Waals surface area contributed by atoms with Crippen LogP contribution in [0, 0.1) is 16.7 Å². The van der Waals surface area contributed by atoms with Crippen LogP contribution in [0.2, 0.25) is 0 Å². The van der Waals surface area contributed by atoms with Gasteiger partial charge in [0.05, 0.1) is 5.41 Å². The number of carbonyl (C=O) groups excluding carboxylic acids is 1. The van der Waals surface area contributed by atoms with Crippen molar-refractivity contribution in [2.45, 2.75) is 53.5 Å². The predicted molar refractivity (Wildman–Crippen MR) is 66.9 cm³/mol. The number of amides is 1. The summed E-state index contributed by atoms with van der Waals surface area (Å²) in [5.41, 5.74) is 5.58. The van der Waals surface area contributed by atoms with Crippen LogP contribution < -0.4 is 11.1 Å². The van der Waals surface area contributed by atoms with Crippen molar-refractivity contribution in [1.29, 1.82) is 0 Å². The molecule has 1 saturated carbocycles. The van der Waals surface area contributed by atoms with Crippen LogP contribution in [-0.2, 0) is 4.79 Å². The summed E-state index contributed by atoms with van der Waals surface area (Å²) in [4.78, 5) is 12.2. The Hall–Kier alpha value is -0.570. The maximum absolute atomic E-state index is 12.2. The Morgan fingerprint density at radius 1 is 1.50 bits per heavy atom. The lowest BCUT2D eigenvalue weighted by Gasteiger charge is -2.45. The molecule has 3 heteroatoms. The summed E-state index contributed by atoms with van der Waals surface area (Å²) in [5.74, 6) is 0.787. The van der Waals surface area contributed by atoms with Gasteiger partial charge in [-0.25, -0.2) is 0 Å². The van der Waals surface area contributed by atoms with Crippen molar-refractivity contribution < 1.29 is 4.79 Å². The zero-order chi connectivity index (χ0) is 12.6. The minimum absolute atomic E-state index is 0.0980. The van der Waals surface area contributed by atoms with Crippen LogP contribution in [0.1, 0.15) is 47.5 Å². The minimum Gasteiger partial charge on any atom is -0.353 e. The van der Waals surface area contributed by atoms with E-state index in [1.54, 1.807) is 0 Å². The van der Waals surface area contributed by atoms with E-state index in [1.165, 1.54) is 0 Å². The van der Waals surface area contributed by atoms with Crippen molar-refractivity contribution in [3.8, 4) is 0 Å². The van der Waals surface area contributed by atoms with Crippen LogP contribution in [0.4, 0.5) is 0 Å². The summed E-state index contributed by atoms with van der Waals surface area (Å²) in [6, 6.07) is 0.180. The second kappa shape index (κ2) is 4.36. The number of rotatable bonds is 3. The number of carbonyl (C=O) groups is 1. The molecule has 1 unspecified atom stereocenters. The van der Waals surface area contributed by atoms with E-state index in [9.17, 15) is 4.79 Å². The molecule has 1 aliphatic rings. The zero-order valence-corrected chi connectivity index (χ0v) is 11.3. The molecule has 3 nitrogen and oxygen atoms in total. The average molecular weight is 226 g/mol. The highest BCUT2D eigenvalue weighted by atomic mass is 16.2. The summed E-state index contributed by atoms with van der Waals surface area (Å²) in [6.07, 6.45) is 1.87. The van der Waals surface area contributed by atoms with Crippen molar-refractivity contribution in [1.82, 2.24) is 5.32 Å². The molecule has 1 rings (SSSR count). The molecular formula is C13H26N2O. The maximum atomic E-state index is 12.2. The minimum atomic E-state index is -0.279. The zero-order valence-electron chi connectivity index (χ0n) is 11.3. The Balaban J connectivity index is 2.58. The van der Waals surface area contributed by atoms with Crippen LogP contribution in [0.25, 0.3) is 0 Å². The van der Waals surface area contributed by atoms with Crippen molar-refractivity contribution in [2.24, 2.45) is 22.5 Å². The second-order valence-electron chi connectivity index (χ2n) is 6.56. The van der Waals surface area contributed by atoms with Gasteiger partial charge in [0.25, 0.3) is 0 Å². The monoisotopic (exact) mass is 226 g/mol. The molecule has 16 heavy (non-hydrogen) atoms. The Morgan fingerprint density at radius 2 is 2.00 bits per heavy atom. The summed E-state index contributed by atoms with van der Waals surface area (Å²) in [6.45, 7) is 11.1. The Bertz CT molecular complexity index is 262. The van der Waals surface area contributed by atoms with Crippen LogP contribution in [-0.4, -0.2) is 18.5 Å². The van der Waals surface area contributed by atoms with Gasteiger partial charge in [0, 0.05) is 12.6 Å². The molecule has 0 aliphatic heterocycles. The normalized spacial score (nSPS) is 31.8. The Morgan fingerprint density at radius 3 is 2.31 bits per heavy atom. The van der Waals surface area contributed by atoms with Crippen LogP contribution in [0.15, 0.2) is 0 Å². The fourth-order valence-electron chi connectivity index (χ4n) is 2.29. The number of nitrogens with one attached hydrogen (secondary N) is 1. The molecule has 1 amide bonds. The third-order valence-corrected chi connectivity index (χ3v) is 4.00. The van der Waals surface area contributed by atoms with Crippen molar-refractivity contribution in [3.05, 3.63) is 0 Å². The topological polar surface area (TPSA) is 55.1 Å². The highest BCUT2D eigenvalue weighted by molar-refractivity contribution is 5.84. The fourth-order valence-corrected chi connectivity index (χ4v) is 2.29. The first-order valence-corrected chi connectivity index (χ1v) is 6.22. The van der Waals surface area contributed by atoms with E-state index in [0.717, 1.165) is 12.8 Å². The molecular weight excluding hydrogens is 200 g/mol. The third kappa shape index (κ3) is 2.57. The van der Waals surface area contributed by atoms with Crippen molar-refractivity contribution >= 4 is 5.91 Å². The quantitative estimate of drug-likeness (QED) is 0.772. The van der Waals surface area contributed by atoms with Crippen LogP contribution in [0.3, 0.4) is 0 Å². The van der Waals surface area contributed by atoms with Gasteiger partial charge in [0.15, 0.2) is 0 Å². The summed E-state index contributed by atoms with van der Waals surface area (Å²) < 4.78 is 0. The molecule has 0 spiro atoms. The lowest BCUT2D eigenvalue weighted by Crippen LogP contribution is -2.56. The molecule has 1 atom stereocenters. The fraction of sp³-hybridized carbons (Fsp3) is 0.923. The standard InChI is InChI=1S/C13H26N2O/c1-9-6-13(7-9,8-14)11(16)15-10(2)12(3,4)5/h9-10H,6-8,14H2,1-5H3,(H,15,16). The molecule has 94 valence electrons. The van der Waals surface area contributed by atoms with E-state index in [1.807, 2.05) is 0 Å². The summed E-state index contributed by atoms with van der Waals surface area (Å²) in [7, 11) is 0. The molecule has 0 radical (unpaired) electrons. The second-order valence-corrected chi connectivity index (χ2v) is 6.56. The van der Waals surface area contributed by atoms with Gasteiger partial charge in [-0.2, -0.15) is 0 Å². The highest BCUT2D eigenvalue weighted by Crippen LogP contribution is 2.45. The molecule has 0 saturated heterocycles. The van der Waals surface area contributed by atoms with Gasteiger partial charge in [-0.15, -0.1) is 0 Å². The first-order valence-electron chi connectivity index (χ1n) is 6.22. The molecule has 0 aromatic rings.